The predicted molar refractivity (Wildman–Crippen MR) is 132 cm³/mol. The van der Waals surface area contributed by atoms with Crippen molar-refractivity contribution in [2.24, 2.45) is 0 Å². The van der Waals surface area contributed by atoms with Crippen LogP contribution < -0.4 is 5.32 Å². The highest BCUT2D eigenvalue weighted by molar-refractivity contribution is 7.99. The van der Waals surface area contributed by atoms with Gasteiger partial charge in [-0.1, -0.05) is 67.4 Å². The number of aryl methyl sites for hydroxylation is 1. The lowest BCUT2D eigenvalue weighted by molar-refractivity contribution is -0.139. The zero-order chi connectivity index (χ0) is 22.8. The molecule has 0 radical (unpaired) electrons. The molecule has 0 unspecified atom stereocenters. The Kier molecular flexibility index (Phi) is 10.7. The molecule has 4 nitrogen and oxygen atoms in total. The van der Waals surface area contributed by atoms with Gasteiger partial charge in [-0.2, -0.15) is 0 Å². The maximum absolute atomic E-state index is 13.3. The largest absolute Gasteiger partial charge is 0.354 e. The average molecular weight is 481 g/mol. The van der Waals surface area contributed by atoms with Gasteiger partial charge in [0, 0.05) is 28.9 Å². The number of nitrogens with one attached hydrogen (secondary N) is 1. The highest BCUT2D eigenvalue weighted by Crippen LogP contribution is 2.28. The molecule has 0 saturated heterocycles. The fourth-order valence-corrected chi connectivity index (χ4v) is 4.90. The van der Waals surface area contributed by atoms with Crippen LogP contribution in [0.2, 0.25) is 10.0 Å². The minimum absolute atomic E-state index is 0.0741. The molecule has 31 heavy (non-hydrogen) atoms. The smallest absolute Gasteiger partial charge is 0.242 e. The summed E-state index contributed by atoms with van der Waals surface area (Å²) in [6, 6.07) is 12.8. The third kappa shape index (κ3) is 7.44. The summed E-state index contributed by atoms with van der Waals surface area (Å²) in [5.41, 5.74) is 2.96. The number of hydrogen-bond donors (Lipinski definition) is 1. The van der Waals surface area contributed by atoms with Crippen molar-refractivity contribution in [1.29, 1.82) is 0 Å². The number of carbonyl (C=O) groups is 2. The number of rotatable bonds is 11. The summed E-state index contributed by atoms with van der Waals surface area (Å²) in [6.07, 6.45) is 1.40. The first-order valence-electron chi connectivity index (χ1n) is 10.5. The van der Waals surface area contributed by atoms with Crippen molar-refractivity contribution in [1.82, 2.24) is 10.2 Å². The molecule has 0 bridgehead atoms. The summed E-state index contributed by atoms with van der Waals surface area (Å²) in [7, 11) is 0. The number of benzene rings is 2. The lowest BCUT2D eigenvalue weighted by Crippen LogP contribution is -2.49. The van der Waals surface area contributed by atoms with Gasteiger partial charge in [-0.25, -0.2) is 0 Å². The summed E-state index contributed by atoms with van der Waals surface area (Å²) in [5.74, 6) is 0.590. The van der Waals surface area contributed by atoms with Crippen LogP contribution in [0.5, 0.6) is 0 Å². The van der Waals surface area contributed by atoms with Crippen LogP contribution in [0.4, 0.5) is 0 Å². The monoisotopic (exact) mass is 480 g/mol. The summed E-state index contributed by atoms with van der Waals surface area (Å²) in [4.78, 5) is 27.8. The Hall–Kier alpha value is -1.69. The van der Waals surface area contributed by atoms with Crippen molar-refractivity contribution in [3.8, 4) is 0 Å². The number of carbonyl (C=O) groups excluding carboxylic acids is 2. The zero-order valence-electron chi connectivity index (χ0n) is 18.3. The van der Waals surface area contributed by atoms with Gasteiger partial charge in [-0.15, -0.1) is 11.8 Å². The van der Waals surface area contributed by atoms with Crippen LogP contribution in [0.3, 0.4) is 0 Å². The van der Waals surface area contributed by atoms with E-state index in [0.717, 1.165) is 23.1 Å². The van der Waals surface area contributed by atoms with Gasteiger partial charge in [0.15, 0.2) is 0 Å². The molecule has 0 fully saturated rings. The summed E-state index contributed by atoms with van der Waals surface area (Å²) in [5, 5.41) is 4.13. The van der Waals surface area contributed by atoms with E-state index >= 15 is 0 Å². The second kappa shape index (κ2) is 13.0. The molecule has 0 aliphatic carbocycles. The quantitative estimate of drug-likeness (QED) is 0.437. The van der Waals surface area contributed by atoms with E-state index in [-0.39, 0.29) is 17.6 Å². The van der Waals surface area contributed by atoms with Gasteiger partial charge in [-0.05, 0) is 48.6 Å². The minimum atomic E-state index is -0.511. The SMILES string of the molecule is CCCNC(=O)[C@@H](CC)N(Cc1ccccc1C)C(=O)CSCc1c(Cl)cccc1Cl. The fourth-order valence-electron chi connectivity index (χ4n) is 3.25. The summed E-state index contributed by atoms with van der Waals surface area (Å²) in [6.45, 7) is 6.96. The first-order valence-corrected chi connectivity index (χ1v) is 12.4. The van der Waals surface area contributed by atoms with E-state index in [1.165, 1.54) is 11.8 Å². The molecule has 0 spiro atoms. The molecule has 168 valence electrons. The van der Waals surface area contributed by atoms with Gasteiger partial charge in [0.1, 0.15) is 6.04 Å². The molecule has 0 heterocycles. The van der Waals surface area contributed by atoms with Crippen molar-refractivity contribution < 1.29 is 9.59 Å². The molecule has 1 N–H and O–H groups in total. The van der Waals surface area contributed by atoms with Crippen LogP contribution in [0.15, 0.2) is 42.5 Å². The molecule has 0 aromatic heterocycles. The zero-order valence-corrected chi connectivity index (χ0v) is 20.6. The van der Waals surface area contributed by atoms with Gasteiger partial charge < -0.3 is 10.2 Å². The van der Waals surface area contributed by atoms with E-state index in [2.05, 4.69) is 5.32 Å². The van der Waals surface area contributed by atoms with Crippen LogP contribution in [-0.4, -0.2) is 35.1 Å². The molecule has 2 aromatic carbocycles. The van der Waals surface area contributed by atoms with Gasteiger partial charge in [0.25, 0.3) is 0 Å². The van der Waals surface area contributed by atoms with Crippen molar-refractivity contribution in [2.75, 3.05) is 12.3 Å². The first kappa shape index (κ1) is 25.6. The van der Waals surface area contributed by atoms with Crippen molar-refractivity contribution in [3.05, 3.63) is 69.2 Å². The molecular weight excluding hydrogens is 451 g/mol. The number of halogens is 2. The third-order valence-corrected chi connectivity index (χ3v) is 6.72. The standard InChI is InChI=1S/C24H30Cl2N2O2S/c1-4-13-27-24(30)22(5-2)28(14-18-10-7-6-9-17(18)3)23(29)16-31-15-19-20(25)11-8-12-21(19)26/h6-12,22H,4-5,13-16H2,1-3H3,(H,27,30)/t22-/m1/s1. The normalized spacial score (nSPS) is 11.8. The second-order valence-corrected chi connectivity index (χ2v) is 9.16. The Labute approximate surface area is 199 Å². The number of nitrogens with zero attached hydrogens (tertiary/aromatic N) is 1. The summed E-state index contributed by atoms with van der Waals surface area (Å²) >= 11 is 13.9. The van der Waals surface area contributed by atoms with E-state index in [1.54, 1.807) is 23.1 Å². The van der Waals surface area contributed by atoms with Crippen LogP contribution >= 0.6 is 35.0 Å². The molecule has 2 aromatic rings. The second-order valence-electron chi connectivity index (χ2n) is 7.36. The first-order chi connectivity index (χ1) is 14.9. The van der Waals surface area contributed by atoms with E-state index in [1.807, 2.05) is 45.0 Å². The van der Waals surface area contributed by atoms with Gasteiger partial charge in [-0.3, -0.25) is 9.59 Å². The lowest BCUT2D eigenvalue weighted by Gasteiger charge is -2.31. The Morgan fingerprint density at radius 3 is 2.35 bits per heavy atom. The third-order valence-electron chi connectivity index (χ3n) is 5.07. The Morgan fingerprint density at radius 1 is 1.06 bits per heavy atom. The van der Waals surface area contributed by atoms with Gasteiger partial charge in [0.2, 0.25) is 11.8 Å². The van der Waals surface area contributed by atoms with Gasteiger partial charge >= 0.3 is 0 Å². The van der Waals surface area contributed by atoms with E-state index in [4.69, 9.17) is 23.2 Å². The maximum atomic E-state index is 13.3. The van der Waals surface area contributed by atoms with Crippen LogP contribution in [0.1, 0.15) is 43.4 Å². The average Bonchev–Trinajstić information content (AvgIpc) is 2.75. The Bertz CT molecular complexity index is 871. The van der Waals surface area contributed by atoms with E-state index in [9.17, 15) is 9.59 Å². The topological polar surface area (TPSA) is 49.4 Å². The number of thioether (sulfide) groups is 1. The van der Waals surface area contributed by atoms with Crippen LogP contribution in [0, 0.1) is 6.92 Å². The maximum Gasteiger partial charge on any atom is 0.242 e. The van der Waals surface area contributed by atoms with Crippen molar-refractivity contribution in [2.45, 2.75) is 52.0 Å². The van der Waals surface area contributed by atoms with E-state index in [0.29, 0.717) is 35.3 Å². The lowest BCUT2D eigenvalue weighted by atomic mass is 10.1. The molecule has 0 aliphatic rings. The highest BCUT2D eigenvalue weighted by atomic mass is 35.5. The van der Waals surface area contributed by atoms with Crippen LogP contribution in [-0.2, 0) is 21.9 Å². The molecule has 1 atom stereocenters. The summed E-state index contributed by atoms with van der Waals surface area (Å²) < 4.78 is 0. The molecule has 0 aliphatic heterocycles. The van der Waals surface area contributed by atoms with Crippen molar-refractivity contribution >= 4 is 46.8 Å². The molecular formula is C24H30Cl2N2O2S. The highest BCUT2D eigenvalue weighted by Gasteiger charge is 2.28. The molecule has 2 amide bonds. The number of amides is 2. The molecule has 0 saturated carbocycles. The Morgan fingerprint density at radius 2 is 1.74 bits per heavy atom. The van der Waals surface area contributed by atoms with Gasteiger partial charge in [0.05, 0.1) is 5.75 Å². The fraction of sp³-hybridized carbons (Fsp3) is 0.417. The molecule has 7 heteroatoms. The minimum Gasteiger partial charge on any atom is -0.354 e. The predicted octanol–water partition coefficient (Wildman–Crippen LogP) is 5.87. The van der Waals surface area contributed by atoms with E-state index < -0.39 is 6.04 Å². The Balaban J connectivity index is 2.16. The van der Waals surface area contributed by atoms with Crippen molar-refractivity contribution in [3.63, 3.8) is 0 Å². The number of hydrogen-bond acceptors (Lipinski definition) is 3. The van der Waals surface area contributed by atoms with Crippen LogP contribution in [0.25, 0.3) is 0 Å². The molecule has 2 rings (SSSR count).